The highest BCUT2D eigenvalue weighted by atomic mass is 16.5. The van der Waals surface area contributed by atoms with Crippen LogP contribution in [-0.2, 0) is 4.74 Å². The maximum absolute atomic E-state index is 5.04. The highest BCUT2D eigenvalue weighted by molar-refractivity contribution is 5.17. The van der Waals surface area contributed by atoms with E-state index in [-0.39, 0.29) is 0 Å². The zero-order valence-electron chi connectivity index (χ0n) is 6.24. The van der Waals surface area contributed by atoms with Crippen LogP contribution >= 0.6 is 0 Å². The van der Waals surface area contributed by atoms with Crippen LogP contribution in [0, 0.1) is 0 Å². The maximum Gasteiger partial charge on any atom is 0.0675 e. The zero-order valence-corrected chi connectivity index (χ0v) is 6.24. The molecule has 1 nitrogen and oxygen atoms in total. The number of hydrogen-bond acceptors (Lipinski definition) is 1. The van der Waals surface area contributed by atoms with Gasteiger partial charge in [-0.15, -0.1) is 0 Å². The van der Waals surface area contributed by atoms with Gasteiger partial charge in [-0.25, -0.2) is 0 Å². The molecule has 1 aliphatic rings. The molecule has 0 atom stereocenters. The first-order valence-electron chi connectivity index (χ1n) is 3.51. The van der Waals surface area contributed by atoms with Crippen LogP contribution in [0.5, 0.6) is 0 Å². The van der Waals surface area contributed by atoms with Gasteiger partial charge in [0.25, 0.3) is 0 Å². The summed E-state index contributed by atoms with van der Waals surface area (Å²) in [6.45, 7) is 3.06. The minimum absolute atomic E-state index is 0.853. The van der Waals surface area contributed by atoms with Gasteiger partial charge in [-0.3, -0.25) is 0 Å². The van der Waals surface area contributed by atoms with Crippen molar-refractivity contribution in [3.63, 3.8) is 0 Å². The van der Waals surface area contributed by atoms with Crippen LogP contribution in [0.15, 0.2) is 11.1 Å². The highest BCUT2D eigenvalue weighted by Crippen LogP contribution is 2.24. The molecule has 0 radical (unpaired) electrons. The summed E-state index contributed by atoms with van der Waals surface area (Å²) in [6, 6.07) is 0. The Kier molecular flexibility index (Phi) is 2.29. The predicted molar refractivity (Wildman–Crippen MR) is 38.4 cm³/mol. The van der Waals surface area contributed by atoms with E-state index < -0.39 is 0 Å². The Morgan fingerprint density at radius 3 is 2.67 bits per heavy atom. The second-order valence-corrected chi connectivity index (χ2v) is 2.67. The molecule has 52 valence electrons. The standard InChI is InChI=1S/C8H14O/c1-7-4-3-5-8(7)6-9-2/h3-6H2,1-2H3. The third-order valence-corrected chi connectivity index (χ3v) is 1.95. The van der Waals surface area contributed by atoms with E-state index in [0.717, 1.165) is 6.61 Å². The largest absolute Gasteiger partial charge is 0.380 e. The van der Waals surface area contributed by atoms with Gasteiger partial charge in [0, 0.05) is 7.11 Å². The number of allylic oxidation sites excluding steroid dienone is 1. The summed E-state index contributed by atoms with van der Waals surface area (Å²) in [6.07, 6.45) is 3.89. The summed E-state index contributed by atoms with van der Waals surface area (Å²) >= 11 is 0. The molecule has 0 aromatic rings. The molecular weight excluding hydrogens is 112 g/mol. The molecular formula is C8H14O. The zero-order chi connectivity index (χ0) is 6.69. The molecule has 1 heteroatoms. The van der Waals surface area contributed by atoms with E-state index in [1.807, 2.05) is 0 Å². The minimum atomic E-state index is 0.853. The van der Waals surface area contributed by atoms with Gasteiger partial charge >= 0.3 is 0 Å². The van der Waals surface area contributed by atoms with Gasteiger partial charge in [-0.2, -0.15) is 0 Å². The summed E-state index contributed by atoms with van der Waals surface area (Å²) < 4.78 is 5.04. The topological polar surface area (TPSA) is 9.23 Å². The third-order valence-electron chi connectivity index (χ3n) is 1.95. The van der Waals surface area contributed by atoms with Crippen LogP contribution in [0.3, 0.4) is 0 Å². The molecule has 0 spiro atoms. The molecule has 0 heterocycles. The fourth-order valence-corrected chi connectivity index (χ4v) is 1.33. The van der Waals surface area contributed by atoms with Gasteiger partial charge in [0.1, 0.15) is 0 Å². The van der Waals surface area contributed by atoms with Crippen molar-refractivity contribution in [1.29, 1.82) is 0 Å². The molecule has 0 aromatic heterocycles. The average Bonchev–Trinajstić information content (AvgIpc) is 2.18. The van der Waals surface area contributed by atoms with Crippen molar-refractivity contribution in [1.82, 2.24) is 0 Å². The normalized spacial score (nSPS) is 19.3. The van der Waals surface area contributed by atoms with Gasteiger partial charge in [-0.05, 0) is 31.8 Å². The fourth-order valence-electron chi connectivity index (χ4n) is 1.33. The van der Waals surface area contributed by atoms with Crippen molar-refractivity contribution < 1.29 is 4.74 Å². The summed E-state index contributed by atoms with van der Waals surface area (Å²) in [5.74, 6) is 0. The molecule has 0 saturated carbocycles. The van der Waals surface area contributed by atoms with E-state index in [4.69, 9.17) is 4.74 Å². The second-order valence-electron chi connectivity index (χ2n) is 2.67. The number of rotatable bonds is 2. The molecule has 0 saturated heterocycles. The molecule has 0 amide bonds. The highest BCUT2D eigenvalue weighted by Gasteiger charge is 2.08. The first kappa shape index (κ1) is 6.81. The first-order chi connectivity index (χ1) is 4.34. The molecule has 0 N–H and O–H groups in total. The van der Waals surface area contributed by atoms with Gasteiger partial charge in [0.05, 0.1) is 6.61 Å². The Morgan fingerprint density at radius 2 is 2.22 bits per heavy atom. The third kappa shape index (κ3) is 1.55. The van der Waals surface area contributed by atoms with Crippen molar-refractivity contribution >= 4 is 0 Å². The second kappa shape index (κ2) is 3.02. The Labute approximate surface area is 56.7 Å². The monoisotopic (exact) mass is 126 g/mol. The van der Waals surface area contributed by atoms with Gasteiger partial charge in [0.2, 0.25) is 0 Å². The first-order valence-corrected chi connectivity index (χ1v) is 3.51. The lowest BCUT2D eigenvalue weighted by molar-refractivity contribution is 0.223. The van der Waals surface area contributed by atoms with Crippen molar-refractivity contribution in [3.05, 3.63) is 11.1 Å². The Balaban J connectivity index is 2.45. The molecule has 0 aromatic carbocycles. The number of ether oxygens (including phenoxy) is 1. The Bertz CT molecular complexity index is 125. The molecule has 0 unspecified atom stereocenters. The van der Waals surface area contributed by atoms with Crippen LogP contribution in [0.1, 0.15) is 26.2 Å². The quantitative estimate of drug-likeness (QED) is 0.515. The van der Waals surface area contributed by atoms with Crippen molar-refractivity contribution in [2.24, 2.45) is 0 Å². The summed E-state index contributed by atoms with van der Waals surface area (Å²) in [5.41, 5.74) is 3.08. The summed E-state index contributed by atoms with van der Waals surface area (Å²) in [5, 5.41) is 0. The molecule has 9 heavy (non-hydrogen) atoms. The van der Waals surface area contributed by atoms with Crippen LogP contribution in [-0.4, -0.2) is 13.7 Å². The molecule has 0 fully saturated rings. The predicted octanol–water partition coefficient (Wildman–Crippen LogP) is 2.13. The van der Waals surface area contributed by atoms with Gasteiger partial charge in [-0.1, -0.05) is 5.57 Å². The SMILES string of the molecule is COCC1=C(C)CCC1. The van der Waals surface area contributed by atoms with Crippen LogP contribution in [0.25, 0.3) is 0 Å². The van der Waals surface area contributed by atoms with Crippen molar-refractivity contribution in [2.45, 2.75) is 26.2 Å². The average molecular weight is 126 g/mol. The van der Waals surface area contributed by atoms with Crippen LogP contribution in [0.2, 0.25) is 0 Å². The molecule has 0 bridgehead atoms. The Morgan fingerprint density at radius 1 is 1.44 bits per heavy atom. The smallest absolute Gasteiger partial charge is 0.0675 e. The lowest BCUT2D eigenvalue weighted by atomic mass is 10.2. The van der Waals surface area contributed by atoms with Gasteiger partial charge in [0.15, 0.2) is 0 Å². The van der Waals surface area contributed by atoms with E-state index in [1.54, 1.807) is 12.7 Å². The lowest BCUT2D eigenvalue weighted by Gasteiger charge is -1.99. The molecule has 0 aliphatic heterocycles. The van der Waals surface area contributed by atoms with Gasteiger partial charge < -0.3 is 4.74 Å². The molecule has 1 aliphatic carbocycles. The lowest BCUT2D eigenvalue weighted by Crippen LogP contribution is -1.91. The van der Waals surface area contributed by atoms with E-state index in [1.165, 1.54) is 24.8 Å². The summed E-state index contributed by atoms with van der Waals surface area (Å²) in [7, 11) is 1.76. The maximum atomic E-state index is 5.04. The summed E-state index contributed by atoms with van der Waals surface area (Å²) in [4.78, 5) is 0. The molecule has 1 rings (SSSR count). The fraction of sp³-hybridized carbons (Fsp3) is 0.750. The van der Waals surface area contributed by atoms with E-state index in [2.05, 4.69) is 6.92 Å². The van der Waals surface area contributed by atoms with Crippen LogP contribution < -0.4 is 0 Å². The van der Waals surface area contributed by atoms with Crippen LogP contribution in [0.4, 0.5) is 0 Å². The number of hydrogen-bond donors (Lipinski definition) is 0. The minimum Gasteiger partial charge on any atom is -0.380 e. The van der Waals surface area contributed by atoms with E-state index in [0.29, 0.717) is 0 Å². The number of methoxy groups -OCH3 is 1. The Hall–Kier alpha value is -0.300. The van der Waals surface area contributed by atoms with E-state index >= 15 is 0 Å². The van der Waals surface area contributed by atoms with Crippen molar-refractivity contribution in [2.75, 3.05) is 13.7 Å². The van der Waals surface area contributed by atoms with Crippen molar-refractivity contribution in [3.8, 4) is 0 Å². The van der Waals surface area contributed by atoms with E-state index in [9.17, 15) is 0 Å².